The molecule has 0 atom stereocenters. The Labute approximate surface area is 84.7 Å². The lowest BCUT2D eigenvalue weighted by Gasteiger charge is -2.03. The number of H-pyrrole nitrogens is 1. The van der Waals surface area contributed by atoms with Crippen molar-refractivity contribution >= 4 is 5.84 Å². The summed E-state index contributed by atoms with van der Waals surface area (Å²) in [5, 5.41) is 0. The normalized spacial score (nSPS) is 12.4. The number of imidazole rings is 1. The minimum absolute atomic E-state index is 0.346. The fraction of sp³-hybridized carbons (Fsp3) is 0.600. The van der Waals surface area contributed by atoms with E-state index in [4.69, 9.17) is 5.73 Å². The van der Waals surface area contributed by atoms with Crippen molar-refractivity contribution in [2.45, 2.75) is 26.7 Å². The van der Waals surface area contributed by atoms with Crippen molar-refractivity contribution in [3.8, 4) is 0 Å². The van der Waals surface area contributed by atoms with E-state index in [1.807, 2.05) is 20.0 Å². The van der Waals surface area contributed by atoms with Crippen LogP contribution in [0.15, 0.2) is 17.4 Å². The van der Waals surface area contributed by atoms with E-state index in [1.54, 1.807) is 6.20 Å². The molecule has 1 aromatic heterocycles. The fourth-order valence-corrected chi connectivity index (χ4v) is 1.07. The third-order valence-electron chi connectivity index (χ3n) is 2.01. The van der Waals surface area contributed by atoms with Crippen LogP contribution in [0.4, 0.5) is 0 Å². The summed E-state index contributed by atoms with van der Waals surface area (Å²) in [6.45, 7) is 4.88. The average Bonchev–Trinajstić information content (AvgIpc) is 2.64. The predicted molar refractivity (Wildman–Crippen MR) is 58.2 cm³/mol. The van der Waals surface area contributed by atoms with Gasteiger partial charge in [-0.15, -0.1) is 0 Å². The minimum atomic E-state index is 0.346. The highest BCUT2D eigenvalue weighted by atomic mass is 14.9. The molecule has 0 radical (unpaired) electrons. The van der Waals surface area contributed by atoms with Crippen LogP contribution >= 0.6 is 0 Å². The SMILES string of the molecule is CC(C)C(N)=NCCCc1ncc[nH]1. The van der Waals surface area contributed by atoms with Gasteiger partial charge in [-0.2, -0.15) is 0 Å². The van der Waals surface area contributed by atoms with Crippen LogP contribution in [0.5, 0.6) is 0 Å². The third-order valence-corrected chi connectivity index (χ3v) is 2.01. The number of nitrogens with zero attached hydrogens (tertiary/aromatic N) is 2. The van der Waals surface area contributed by atoms with E-state index in [1.165, 1.54) is 0 Å². The molecule has 78 valence electrons. The molecule has 0 amide bonds. The number of aromatic nitrogens is 2. The van der Waals surface area contributed by atoms with Gasteiger partial charge in [0.2, 0.25) is 0 Å². The van der Waals surface area contributed by atoms with Crippen LogP contribution in [0.3, 0.4) is 0 Å². The van der Waals surface area contributed by atoms with Gasteiger partial charge in [0.1, 0.15) is 5.82 Å². The van der Waals surface area contributed by atoms with Crippen LogP contribution in [0.25, 0.3) is 0 Å². The van der Waals surface area contributed by atoms with Gasteiger partial charge >= 0.3 is 0 Å². The average molecular weight is 194 g/mol. The molecule has 3 N–H and O–H groups in total. The van der Waals surface area contributed by atoms with Gasteiger partial charge in [-0.1, -0.05) is 13.8 Å². The van der Waals surface area contributed by atoms with Crippen molar-refractivity contribution in [2.24, 2.45) is 16.6 Å². The Morgan fingerprint density at radius 3 is 3.00 bits per heavy atom. The molecular weight excluding hydrogens is 176 g/mol. The van der Waals surface area contributed by atoms with Crippen LogP contribution in [-0.4, -0.2) is 22.3 Å². The monoisotopic (exact) mass is 194 g/mol. The first-order chi connectivity index (χ1) is 6.70. The summed E-state index contributed by atoms with van der Waals surface area (Å²) < 4.78 is 0. The zero-order valence-corrected chi connectivity index (χ0v) is 8.83. The molecular formula is C10H18N4. The van der Waals surface area contributed by atoms with Gasteiger partial charge in [0, 0.05) is 31.3 Å². The molecule has 0 fully saturated rings. The highest BCUT2D eigenvalue weighted by Crippen LogP contribution is 1.97. The first-order valence-corrected chi connectivity index (χ1v) is 4.98. The quantitative estimate of drug-likeness (QED) is 0.422. The number of amidine groups is 1. The second-order valence-electron chi connectivity index (χ2n) is 3.60. The fourth-order valence-electron chi connectivity index (χ4n) is 1.07. The first kappa shape index (κ1) is 10.8. The van der Waals surface area contributed by atoms with Gasteiger partial charge in [-0.05, 0) is 6.42 Å². The lowest BCUT2D eigenvalue weighted by molar-refractivity contribution is 0.778. The van der Waals surface area contributed by atoms with E-state index in [2.05, 4.69) is 15.0 Å². The van der Waals surface area contributed by atoms with E-state index < -0.39 is 0 Å². The molecule has 1 aromatic rings. The Hall–Kier alpha value is -1.32. The highest BCUT2D eigenvalue weighted by Gasteiger charge is 1.98. The molecule has 0 saturated heterocycles. The van der Waals surface area contributed by atoms with E-state index in [0.717, 1.165) is 31.0 Å². The molecule has 0 aliphatic rings. The van der Waals surface area contributed by atoms with E-state index in [0.29, 0.717) is 5.92 Å². The first-order valence-electron chi connectivity index (χ1n) is 4.98. The van der Waals surface area contributed by atoms with E-state index >= 15 is 0 Å². The maximum atomic E-state index is 5.70. The zero-order chi connectivity index (χ0) is 10.4. The minimum Gasteiger partial charge on any atom is -0.387 e. The molecule has 4 nitrogen and oxygen atoms in total. The summed E-state index contributed by atoms with van der Waals surface area (Å²) >= 11 is 0. The van der Waals surface area contributed by atoms with Gasteiger partial charge in [-0.3, -0.25) is 4.99 Å². The van der Waals surface area contributed by atoms with Crippen molar-refractivity contribution in [1.82, 2.24) is 9.97 Å². The Balaban J connectivity index is 2.19. The maximum absolute atomic E-state index is 5.70. The molecule has 4 heteroatoms. The maximum Gasteiger partial charge on any atom is 0.106 e. The lowest BCUT2D eigenvalue weighted by atomic mass is 10.2. The Morgan fingerprint density at radius 1 is 1.64 bits per heavy atom. The van der Waals surface area contributed by atoms with Gasteiger partial charge in [-0.25, -0.2) is 4.98 Å². The third kappa shape index (κ3) is 3.60. The summed E-state index contributed by atoms with van der Waals surface area (Å²) in [5.74, 6) is 2.10. The second-order valence-corrected chi connectivity index (χ2v) is 3.60. The van der Waals surface area contributed by atoms with Gasteiger partial charge in [0.05, 0.1) is 5.84 Å². The number of aliphatic imine (C=N–C) groups is 1. The van der Waals surface area contributed by atoms with Crippen LogP contribution in [0.1, 0.15) is 26.1 Å². The summed E-state index contributed by atoms with van der Waals surface area (Å²) in [4.78, 5) is 11.5. The van der Waals surface area contributed by atoms with Crippen molar-refractivity contribution in [3.63, 3.8) is 0 Å². The van der Waals surface area contributed by atoms with E-state index in [-0.39, 0.29) is 0 Å². The lowest BCUT2D eigenvalue weighted by Crippen LogP contribution is -2.19. The number of hydrogen-bond donors (Lipinski definition) is 2. The van der Waals surface area contributed by atoms with Gasteiger partial charge < -0.3 is 10.7 Å². The van der Waals surface area contributed by atoms with Crippen LogP contribution in [0.2, 0.25) is 0 Å². The molecule has 0 bridgehead atoms. The van der Waals surface area contributed by atoms with Crippen molar-refractivity contribution in [2.75, 3.05) is 6.54 Å². The Kier molecular flexibility index (Phi) is 4.16. The Morgan fingerprint density at radius 2 is 2.43 bits per heavy atom. The molecule has 0 aromatic carbocycles. The van der Waals surface area contributed by atoms with Crippen LogP contribution in [-0.2, 0) is 6.42 Å². The summed E-state index contributed by atoms with van der Waals surface area (Å²) in [6, 6.07) is 0. The number of aromatic amines is 1. The van der Waals surface area contributed by atoms with Gasteiger partial charge in [0.15, 0.2) is 0 Å². The summed E-state index contributed by atoms with van der Waals surface area (Å²) in [7, 11) is 0. The number of nitrogens with one attached hydrogen (secondary N) is 1. The molecule has 0 spiro atoms. The zero-order valence-electron chi connectivity index (χ0n) is 8.83. The molecule has 1 rings (SSSR count). The standard InChI is InChI=1S/C10H18N4/c1-8(2)10(11)14-5-3-4-9-12-6-7-13-9/h6-8H,3-5H2,1-2H3,(H2,11,14)(H,12,13). The highest BCUT2D eigenvalue weighted by molar-refractivity contribution is 5.82. The van der Waals surface area contributed by atoms with Crippen LogP contribution in [0, 0.1) is 5.92 Å². The number of hydrogen-bond acceptors (Lipinski definition) is 2. The molecule has 0 unspecified atom stereocenters. The smallest absolute Gasteiger partial charge is 0.106 e. The van der Waals surface area contributed by atoms with Gasteiger partial charge in [0.25, 0.3) is 0 Å². The van der Waals surface area contributed by atoms with Crippen molar-refractivity contribution in [3.05, 3.63) is 18.2 Å². The van der Waals surface area contributed by atoms with Crippen molar-refractivity contribution < 1.29 is 0 Å². The molecule has 1 heterocycles. The topological polar surface area (TPSA) is 67.1 Å². The molecule has 0 aliphatic heterocycles. The molecule has 0 aliphatic carbocycles. The number of rotatable bonds is 5. The van der Waals surface area contributed by atoms with Crippen LogP contribution < -0.4 is 5.73 Å². The van der Waals surface area contributed by atoms with Crippen molar-refractivity contribution in [1.29, 1.82) is 0 Å². The summed E-state index contributed by atoms with van der Waals surface area (Å²) in [5.41, 5.74) is 5.70. The predicted octanol–water partition coefficient (Wildman–Crippen LogP) is 1.36. The van der Waals surface area contributed by atoms with E-state index in [9.17, 15) is 0 Å². The number of aryl methyl sites for hydroxylation is 1. The Bertz CT molecular complexity index is 274. The number of nitrogens with two attached hydrogens (primary N) is 1. The molecule has 14 heavy (non-hydrogen) atoms. The largest absolute Gasteiger partial charge is 0.387 e. The second kappa shape index (κ2) is 5.42. The molecule has 0 saturated carbocycles. The summed E-state index contributed by atoms with van der Waals surface area (Å²) in [6.07, 6.45) is 5.52.